The SMILES string of the molecule is O=S(=O)(C[C@@H](O)C1CCC1)c1ccccc1. The molecule has 0 aromatic heterocycles. The first-order valence-corrected chi connectivity index (χ1v) is 7.21. The lowest BCUT2D eigenvalue weighted by Crippen LogP contribution is -2.33. The first-order chi connectivity index (χ1) is 7.59. The van der Waals surface area contributed by atoms with E-state index in [2.05, 4.69) is 0 Å². The lowest BCUT2D eigenvalue weighted by Gasteiger charge is -2.29. The average Bonchev–Trinajstić information content (AvgIpc) is 2.15. The quantitative estimate of drug-likeness (QED) is 0.870. The number of aliphatic hydroxyl groups is 1. The van der Waals surface area contributed by atoms with Crippen molar-refractivity contribution in [2.45, 2.75) is 30.3 Å². The Balaban J connectivity index is 2.08. The molecule has 1 aliphatic rings. The lowest BCUT2D eigenvalue weighted by molar-refractivity contribution is 0.0803. The lowest BCUT2D eigenvalue weighted by atomic mass is 9.82. The maximum Gasteiger partial charge on any atom is 0.180 e. The minimum atomic E-state index is -3.33. The zero-order chi connectivity index (χ0) is 11.6. The minimum absolute atomic E-state index is 0.151. The number of hydrogen-bond donors (Lipinski definition) is 1. The summed E-state index contributed by atoms with van der Waals surface area (Å²) in [6.45, 7) is 0. The smallest absolute Gasteiger partial charge is 0.180 e. The van der Waals surface area contributed by atoms with E-state index < -0.39 is 15.9 Å². The molecule has 1 saturated carbocycles. The summed E-state index contributed by atoms with van der Waals surface area (Å²) in [5, 5.41) is 9.79. The van der Waals surface area contributed by atoms with E-state index in [0.29, 0.717) is 4.90 Å². The van der Waals surface area contributed by atoms with E-state index >= 15 is 0 Å². The molecule has 88 valence electrons. The molecular formula is C12H16O3S. The summed E-state index contributed by atoms with van der Waals surface area (Å²) in [5.74, 6) is 0.0280. The third-order valence-electron chi connectivity index (χ3n) is 3.19. The fraction of sp³-hybridized carbons (Fsp3) is 0.500. The highest BCUT2D eigenvalue weighted by atomic mass is 32.2. The molecule has 1 atom stereocenters. The van der Waals surface area contributed by atoms with Gasteiger partial charge >= 0.3 is 0 Å². The number of rotatable bonds is 4. The zero-order valence-electron chi connectivity index (χ0n) is 9.04. The topological polar surface area (TPSA) is 54.4 Å². The second-order valence-corrected chi connectivity index (χ2v) is 6.39. The second kappa shape index (κ2) is 4.55. The fourth-order valence-electron chi connectivity index (χ4n) is 1.91. The second-order valence-electron chi connectivity index (χ2n) is 4.35. The van der Waals surface area contributed by atoms with Gasteiger partial charge in [0.05, 0.1) is 16.8 Å². The Morgan fingerprint density at radius 3 is 2.38 bits per heavy atom. The van der Waals surface area contributed by atoms with Crippen LogP contribution in [-0.4, -0.2) is 25.4 Å². The van der Waals surface area contributed by atoms with Crippen molar-refractivity contribution >= 4 is 9.84 Å². The van der Waals surface area contributed by atoms with Crippen LogP contribution in [0.25, 0.3) is 0 Å². The number of sulfone groups is 1. The van der Waals surface area contributed by atoms with Gasteiger partial charge in [0.1, 0.15) is 0 Å². The molecule has 0 spiro atoms. The summed E-state index contributed by atoms with van der Waals surface area (Å²) >= 11 is 0. The Bertz CT molecular complexity index is 435. The van der Waals surface area contributed by atoms with Gasteiger partial charge < -0.3 is 5.11 Å². The summed E-state index contributed by atoms with van der Waals surface area (Å²) in [6, 6.07) is 8.32. The van der Waals surface area contributed by atoms with Gasteiger partial charge in [0.2, 0.25) is 0 Å². The Labute approximate surface area is 96.0 Å². The van der Waals surface area contributed by atoms with Crippen molar-refractivity contribution in [1.82, 2.24) is 0 Å². The van der Waals surface area contributed by atoms with Gasteiger partial charge in [-0.2, -0.15) is 0 Å². The molecule has 16 heavy (non-hydrogen) atoms. The van der Waals surface area contributed by atoms with Gasteiger partial charge in [-0.15, -0.1) is 0 Å². The van der Waals surface area contributed by atoms with Crippen LogP contribution in [0.3, 0.4) is 0 Å². The van der Waals surface area contributed by atoms with Crippen LogP contribution in [0.2, 0.25) is 0 Å². The van der Waals surface area contributed by atoms with Gasteiger partial charge in [0.15, 0.2) is 9.84 Å². The first-order valence-electron chi connectivity index (χ1n) is 5.55. The molecule has 0 heterocycles. The highest BCUT2D eigenvalue weighted by molar-refractivity contribution is 7.91. The van der Waals surface area contributed by atoms with Crippen LogP contribution >= 0.6 is 0 Å². The summed E-state index contributed by atoms with van der Waals surface area (Å²) in [6.07, 6.45) is 2.29. The van der Waals surface area contributed by atoms with Crippen LogP contribution in [0, 0.1) is 5.92 Å². The van der Waals surface area contributed by atoms with Crippen molar-refractivity contribution in [3.05, 3.63) is 30.3 Å². The molecule has 0 amide bonds. The largest absolute Gasteiger partial charge is 0.392 e. The molecule has 1 N–H and O–H groups in total. The van der Waals surface area contributed by atoms with E-state index in [1.54, 1.807) is 30.3 Å². The van der Waals surface area contributed by atoms with E-state index in [1.165, 1.54) is 0 Å². The van der Waals surface area contributed by atoms with Gasteiger partial charge in [0, 0.05) is 0 Å². The van der Waals surface area contributed by atoms with Gasteiger partial charge in [-0.05, 0) is 30.9 Å². The molecule has 1 aromatic carbocycles. The van der Waals surface area contributed by atoms with Crippen LogP contribution in [0.1, 0.15) is 19.3 Å². The summed E-state index contributed by atoms with van der Waals surface area (Å²) in [7, 11) is -3.33. The standard InChI is InChI=1S/C12H16O3S/c13-12(10-5-4-6-10)9-16(14,15)11-7-2-1-3-8-11/h1-3,7-8,10,12-13H,4-6,9H2/t12-/m1/s1. The van der Waals surface area contributed by atoms with Crippen LogP contribution < -0.4 is 0 Å². The normalized spacial score (nSPS) is 19.1. The Hall–Kier alpha value is -0.870. The third kappa shape index (κ3) is 2.44. The van der Waals surface area contributed by atoms with Crippen LogP contribution in [0.5, 0.6) is 0 Å². The number of benzene rings is 1. The summed E-state index contributed by atoms with van der Waals surface area (Å²) in [5.41, 5.74) is 0. The first kappa shape index (κ1) is 11.6. The van der Waals surface area contributed by atoms with Gasteiger partial charge in [-0.25, -0.2) is 8.42 Å². The molecule has 0 unspecified atom stereocenters. The van der Waals surface area contributed by atoms with Gasteiger partial charge in [-0.1, -0.05) is 24.6 Å². The zero-order valence-corrected chi connectivity index (χ0v) is 9.86. The number of aliphatic hydroxyl groups excluding tert-OH is 1. The maximum atomic E-state index is 11.9. The fourth-order valence-corrected chi connectivity index (χ4v) is 3.40. The molecule has 4 heteroatoms. The molecule has 2 rings (SSSR count). The van der Waals surface area contributed by atoms with Crippen LogP contribution in [-0.2, 0) is 9.84 Å². The van der Waals surface area contributed by atoms with Gasteiger partial charge in [0.25, 0.3) is 0 Å². The molecule has 0 bridgehead atoms. The highest BCUT2D eigenvalue weighted by Gasteiger charge is 2.30. The van der Waals surface area contributed by atoms with Crippen molar-refractivity contribution in [1.29, 1.82) is 0 Å². The predicted molar refractivity (Wildman–Crippen MR) is 61.8 cm³/mol. The maximum absolute atomic E-state index is 11.9. The van der Waals surface area contributed by atoms with E-state index in [4.69, 9.17) is 0 Å². The Kier molecular flexibility index (Phi) is 3.30. The van der Waals surface area contributed by atoms with Crippen molar-refractivity contribution in [2.75, 3.05) is 5.75 Å². The van der Waals surface area contributed by atoms with Crippen LogP contribution in [0.15, 0.2) is 35.2 Å². The summed E-state index contributed by atoms with van der Waals surface area (Å²) < 4.78 is 23.9. The predicted octanol–water partition coefficient (Wildman–Crippen LogP) is 1.62. The molecule has 0 saturated heterocycles. The monoisotopic (exact) mass is 240 g/mol. The minimum Gasteiger partial charge on any atom is -0.392 e. The molecule has 0 aliphatic heterocycles. The van der Waals surface area contributed by atoms with Crippen LogP contribution in [0.4, 0.5) is 0 Å². The molecule has 1 aromatic rings. The van der Waals surface area contributed by atoms with E-state index in [-0.39, 0.29) is 11.7 Å². The molecule has 1 fully saturated rings. The van der Waals surface area contributed by atoms with E-state index in [1.807, 2.05) is 0 Å². The third-order valence-corrected chi connectivity index (χ3v) is 4.96. The molecular weight excluding hydrogens is 224 g/mol. The molecule has 3 nitrogen and oxygen atoms in total. The summed E-state index contributed by atoms with van der Waals surface area (Å²) in [4.78, 5) is 0.299. The van der Waals surface area contributed by atoms with Gasteiger partial charge in [-0.3, -0.25) is 0 Å². The van der Waals surface area contributed by atoms with Crippen molar-refractivity contribution in [2.24, 2.45) is 5.92 Å². The average molecular weight is 240 g/mol. The van der Waals surface area contributed by atoms with Crippen molar-refractivity contribution in [3.8, 4) is 0 Å². The highest BCUT2D eigenvalue weighted by Crippen LogP contribution is 2.30. The van der Waals surface area contributed by atoms with Crippen molar-refractivity contribution < 1.29 is 13.5 Å². The Morgan fingerprint density at radius 2 is 1.88 bits per heavy atom. The van der Waals surface area contributed by atoms with E-state index in [0.717, 1.165) is 19.3 Å². The van der Waals surface area contributed by atoms with E-state index in [9.17, 15) is 13.5 Å². The molecule has 1 aliphatic carbocycles. The Morgan fingerprint density at radius 1 is 1.25 bits per heavy atom. The number of hydrogen-bond acceptors (Lipinski definition) is 3. The van der Waals surface area contributed by atoms with Crippen molar-refractivity contribution in [3.63, 3.8) is 0 Å². The molecule has 0 radical (unpaired) electrons.